The van der Waals surface area contributed by atoms with Gasteiger partial charge in [0, 0.05) is 6.08 Å². The van der Waals surface area contributed by atoms with Gasteiger partial charge in [0.15, 0.2) is 0 Å². The number of allylic oxidation sites excluding steroid dienone is 1. The Morgan fingerprint density at radius 3 is 2.48 bits per heavy atom. The fourth-order valence-electron chi connectivity index (χ4n) is 2.07. The van der Waals surface area contributed by atoms with E-state index in [1.165, 1.54) is 49.9 Å². The molecule has 0 bridgehead atoms. The molecule has 0 unspecified atom stereocenters. The first kappa shape index (κ1) is 19.2. The van der Waals surface area contributed by atoms with Crippen molar-refractivity contribution < 1.29 is 22.5 Å². The summed E-state index contributed by atoms with van der Waals surface area (Å²) in [7, 11) is -4.30. The number of hydrogen-bond donors (Lipinski definition) is 1. The van der Waals surface area contributed by atoms with Crippen LogP contribution in [0.15, 0.2) is 41.3 Å². The van der Waals surface area contributed by atoms with Gasteiger partial charge in [-0.1, -0.05) is 57.2 Å². The van der Waals surface area contributed by atoms with Crippen molar-refractivity contribution >= 4 is 16.1 Å². The summed E-state index contributed by atoms with van der Waals surface area (Å²) in [6.45, 7) is 2.16. The Morgan fingerprint density at radius 2 is 1.78 bits per heavy atom. The topological polar surface area (TPSA) is 80.7 Å². The number of phenols is 1. The Hall–Kier alpha value is -1.82. The first-order chi connectivity index (χ1) is 11.0. The minimum Gasteiger partial charge on any atom is -0.506 e. The van der Waals surface area contributed by atoms with Crippen molar-refractivity contribution in [2.24, 2.45) is 0 Å². The molecule has 0 saturated carbocycles. The van der Waals surface area contributed by atoms with Crippen LogP contribution in [0.2, 0.25) is 0 Å². The van der Waals surface area contributed by atoms with Gasteiger partial charge in [-0.2, -0.15) is 8.42 Å². The summed E-state index contributed by atoms with van der Waals surface area (Å²) < 4.78 is 28.2. The molecule has 6 heteroatoms. The molecule has 0 atom stereocenters. The Bertz CT molecular complexity index is 620. The van der Waals surface area contributed by atoms with Crippen LogP contribution in [0.5, 0.6) is 5.75 Å². The minimum atomic E-state index is -4.30. The van der Waals surface area contributed by atoms with E-state index in [-0.39, 0.29) is 0 Å². The molecule has 1 N–H and O–H groups in total. The van der Waals surface area contributed by atoms with Crippen LogP contribution in [0.3, 0.4) is 0 Å². The second kappa shape index (κ2) is 10.0. The van der Waals surface area contributed by atoms with Gasteiger partial charge < -0.3 is 9.29 Å². The lowest BCUT2D eigenvalue weighted by Gasteiger charge is -2.05. The van der Waals surface area contributed by atoms with Crippen LogP contribution in [0.4, 0.5) is 0 Å². The highest BCUT2D eigenvalue weighted by molar-refractivity contribution is 7.87. The lowest BCUT2D eigenvalue weighted by atomic mass is 10.1. The fraction of sp³-hybridized carbons (Fsp3) is 0.471. The van der Waals surface area contributed by atoms with Crippen LogP contribution in [0.1, 0.15) is 51.9 Å². The molecule has 0 saturated heterocycles. The molecule has 128 valence electrons. The molecule has 0 fully saturated rings. The Labute approximate surface area is 138 Å². The number of aromatic hydroxyl groups is 1. The molecule has 0 radical (unpaired) electrons. The van der Waals surface area contributed by atoms with E-state index in [0.29, 0.717) is 6.42 Å². The minimum absolute atomic E-state index is 0.419. The Kier molecular flexibility index (Phi) is 8.40. The quantitative estimate of drug-likeness (QED) is 0.396. The van der Waals surface area contributed by atoms with E-state index in [4.69, 9.17) is 0 Å². The van der Waals surface area contributed by atoms with Crippen LogP contribution in [-0.2, 0) is 19.1 Å². The molecule has 0 aliphatic carbocycles. The molecule has 0 heterocycles. The van der Waals surface area contributed by atoms with E-state index in [1.807, 2.05) is 0 Å². The number of carbonyl (C=O) groups excluding carboxylic acids is 1. The maximum Gasteiger partial charge on any atom is 0.346 e. The van der Waals surface area contributed by atoms with E-state index in [2.05, 4.69) is 11.1 Å². The molecular formula is C17H24O5S. The predicted octanol–water partition coefficient (Wildman–Crippen LogP) is 3.93. The maximum absolute atomic E-state index is 11.9. The molecule has 0 aliphatic heterocycles. The summed E-state index contributed by atoms with van der Waals surface area (Å²) in [4.78, 5) is 11.1. The van der Waals surface area contributed by atoms with E-state index in [1.54, 1.807) is 6.08 Å². The predicted molar refractivity (Wildman–Crippen MR) is 88.5 cm³/mol. The Balaban J connectivity index is 2.38. The van der Waals surface area contributed by atoms with Gasteiger partial charge in [-0.15, -0.1) is 0 Å². The molecular weight excluding hydrogens is 316 g/mol. The Morgan fingerprint density at radius 1 is 1.13 bits per heavy atom. The number of unbranched alkanes of at least 4 members (excludes halogenated alkanes) is 6. The number of benzene rings is 1. The van der Waals surface area contributed by atoms with Gasteiger partial charge in [0.2, 0.25) is 0 Å². The third-order valence-electron chi connectivity index (χ3n) is 3.30. The molecule has 0 aromatic heterocycles. The third kappa shape index (κ3) is 7.32. The zero-order valence-electron chi connectivity index (χ0n) is 13.4. The smallest absolute Gasteiger partial charge is 0.346 e. The van der Waals surface area contributed by atoms with E-state index in [9.17, 15) is 18.3 Å². The monoisotopic (exact) mass is 340 g/mol. The van der Waals surface area contributed by atoms with Crippen molar-refractivity contribution in [3.05, 3.63) is 36.4 Å². The van der Waals surface area contributed by atoms with Gasteiger partial charge in [-0.05, 0) is 25.0 Å². The van der Waals surface area contributed by atoms with Gasteiger partial charge in [-0.3, -0.25) is 0 Å². The maximum atomic E-state index is 11.9. The second-order valence-corrected chi connectivity index (χ2v) is 6.80. The molecule has 23 heavy (non-hydrogen) atoms. The van der Waals surface area contributed by atoms with Crippen molar-refractivity contribution in [3.63, 3.8) is 0 Å². The van der Waals surface area contributed by atoms with Crippen LogP contribution in [-0.4, -0.2) is 19.5 Å². The normalized spacial score (nSPS) is 11.7. The molecule has 1 aromatic carbocycles. The highest BCUT2D eigenvalue weighted by Gasteiger charge is 2.22. The summed E-state index contributed by atoms with van der Waals surface area (Å²) in [5.74, 6) is -1.41. The van der Waals surface area contributed by atoms with Crippen molar-refractivity contribution in [3.8, 4) is 5.75 Å². The third-order valence-corrected chi connectivity index (χ3v) is 4.57. The van der Waals surface area contributed by atoms with Crippen molar-refractivity contribution in [1.82, 2.24) is 0 Å². The standard InChI is InChI=1S/C17H24O5S/c1-2-3-4-5-6-7-8-9-14-17(19)22-23(20,21)16-13-11-10-12-15(16)18/h9-14,18H,2-8H2,1H3. The highest BCUT2D eigenvalue weighted by atomic mass is 32.2. The fourth-order valence-corrected chi connectivity index (χ4v) is 3.00. The number of phenolic OH excluding ortho intramolecular Hbond substituents is 1. The lowest BCUT2D eigenvalue weighted by molar-refractivity contribution is -0.128. The average Bonchev–Trinajstić information content (AvgIpc) is 2.49. The first-order valence-corrected chi connectivity index (χ1v) is 9.31. The molecule has 0 spiro atoms. The summed E-state index contributed by atoms with van der Waals surface area (Å²) in [6.07, 6.45) is 10.3. The van der Waals surface area contributed by atoms with Crippen molar-refractivity contribution in [2.75, 3.05) is 0 Å². The van der Waals surface area contributed by atoms with Gasteiger partial charge in [0.05, 0.1) is 0 Å². The molecule has 0 amide bonds. The summed E-state index contributed by atoms with van der Waals surface area (Å²) >= 11 is 0. The van der Waals surface area contributed by atoms with Gasteiger partial charge in [0.25, 0.3) is 0 Å². The average molecular weight is 340 g/mol. The van der Waals surface area contributed by atoms with Crippen molar-refractivity contribution in [2.45, 2.75) is 56.8 Å². The number of para-hydroxylation sites is 1. The second-order valence-electron chi connectivity index (χ2n) is 5.28. The largest absolute Gasteiger partial charge is 0.506 e. The SMILES string of the molecule is CCCCCCCCC=CC(=O)OS(=O)(=O)c1ccccc1O. The van der Waals surface area contributed by atoms with Crippen LogP contribution < -0.4 is 0 Å². The summed E-state index contributed by atoms with van der Waals surface area (Å²) in [5, 5.41) is 9.51. The van der Waals surface area contributed by atoms with Crippen LogP contribution in [0.25, 0.3) is 0 Å². The number of hydrogen-bond acceptors (Lipinski definition) is 5. The molecule has 0 aliphatic rings. The zero-order valence-corrected chi connectivity index (χ0v) is 14.2. The number of rotatable bonds is 10. The van der Waals surface area contributed by atoms with Crippen molar-refractivity contribution in [1.29, 1.82) is 0 Å². The van der Waals surface area contributed by atoms with Gasteiger partial charge >= 0.3 is 16.1 Å². The lowest BCUT2D eigenvalue weighted by Crippen LogP contribution is -2.11. The van der Waals surface area contributed by atoms with Crippen LogP contribution >= 0.6 is 0 Å². The van der Waals surface area contributed by atoms with E-state index in [0.717, 1.165) is 18.9 Å². The molecule has 1 rings (SSSR count). The first-order valence-electron chi connectivity index (χ1n) is 7.90. The highest BCUT2D eigenvalue weighted by Crippen LogP contribution is 2.23. The van der Waals surface area contributed by atoms with E-state index >= 15 is 0 Å². The number of carbonyl (C=O) groups is 1. The molecule has 1 aromatic rings. The van der Waals surface area contributed by atoms with Crippen LogP contribution in [0, 0.1) is 0 Å². The van der Waals surface area contributed by atoms with Gasteiger partial charge in [-0.25, -0.2) is 4.79 Å². The van der Waals surface area contributed by atoms with Gasteiger partial charge in [0.1, 0.15) is 10.6 Å². The molecule has 5 nitrogen and oxygen atoms in total. The summed E-state index contributed by atoms with van der Waals surface area (Å²) in [5.41, 5.74) is 0. The zero-order chi connectivity index (χ0) is 17.1. The van der Waals surface area contributed by atoms with E-state index < -0.39 is 26.7 Å². The summed E-state index contributed by atoms with van der Waals surface area (Å²) in [6, 6.07) is 5.32.